The molecule has 0 radical (unpaired) electrons. The van der Waals surface area contributed by atoms with Gasteiger partial charge in [-0.05, 0) is 38.3 Å². The Bertz CT molecular complexity index is 448. The van der Waals surface area contributed by atoms with Gasteiger partial charge < -0.3 is 15.4 Å². The summed E-state index contributed by atoms with van der Waals surface area (Å²) in [5.74, 6) is 0.811. The molecule has 2 rings (SSSR count). The van der Waals surface area contributed by atoms with E-state index in [2.05, 4.69) is 6.92 Å². The molecule has 2 atom stereocenters. The summed E-state index contributed by atoms with van der Waals surface area (Å²) in [5, 5.41) is 0. The molecule has 0 spiro atoms. The van der Waals surface area contributed by atoms with E-state index in [0.29, 0.717) is 0 Å². The smallest absolute Gasteiger partial charge is 0.243 e. The number of benzene rings is 1. The van der Waals surface area contributed by atoms with Crippen LogP contribution < -0.4 is 15.4 Å². The van der Waals surface area contributed by atoms with Crippen LogP contribution in [0.25, 0.3) is 0 Å². The molecule has 19 heavy (non-hydrogen) atoms. The molecule has 1 aliphatic heterocycles. The monoisotopic (exact) mass is 262 g/mol. The molecule has 1 amide bonds. The van der Waals surface area contributed by atoms with Crippen molar-refractivity contribution in [1.82, 2.24) is 0 Å². The van der Waals surface area contributed by atoms with E-state index in [1.165, 1.54) is 0 Å². The summed E-state index contributed by atoms with van der Waals surface area (Å²) in [4.78, 5) is 13.8. The van der Waals surface area contributed by atoms with Crippen LogP contribution >= 0.6 is 0 Å². The fourth-order valence-corrected chi connectivity index (χ4v) is 2.20. The first-order valence-corrected chi connectivity index (χ1v) is 6.95. The van der Waals surface area contributed by atoms with Gasteiger partial charge in [-0.15, -0.1) is 0 Å². The molecule has 1 aromatic carbocycles. The molecule has 0 saturated carbocycles. The van der Waals surface area contributed by atoms with Crippen molar-refractivity contribution < 1.29 is 9.53 Å². The first-order valence-electron chi connectivity index (χ1n) is 6.95. The summed E-state index contributed by atoms with van der Waals surface area (Å²) in [5.41, 5.74) is 6.70. The van der Waals surface area contributed by atoms with Gasteiger partial charge in [0.1, 0.15) is 5.75 Å². The molecule has 1 saturated heterocycles. The minimum atomic E-state index is -0.368. The molecule has 1 heterocycles. The lowest BCUT2D eigenvalue weighted by molar-refractivity contribution is -0.120. The Hall–Kier alpha value is -1.55. The van der Waals surface area contributed by atoms with E-state index in [1.807, 2.05) is 31.2 Å². The van der Waals surface area contributed by atoms with Crippen molar-refractivity contribution in [2.24, 2.45) is 5.73 Å². The number of nitrogens with two attached hydrogens (primary N) is 1. The lowest BCUT2D eigenvalue weighted by atomic mass is 10.0. The Morgan fingerprint density at radius 3 is 3.05 bits per heavy atom. The summed E-state index contributed by atoms with van der Waals surface area (Å²) in [7, 11) is 0. The fraction of sp³-hybridized carbons (Fsp3) is 0.533. The molecule has 104 valence electrons. The van der Waals surface area contributed by atoms with Crippen molar-refractivity contribution in [2.45, 2.75) is 45.3 Å². The van der Waals surface area contributed by atoms with Crippen molar-refractivity contribution in [3.63, 3.8) is 0 Å². The Morgan fingerprint density at radius 2 is 2.32 bits per heavy atom. The van der Waals surface area contributed by atoms with Crippen molar-refractivity contribution in [3.05, 3.63) is 24.3 Å². The van der Waals surface area contributed by atoms with E-state index < -0.39 is 0 Å². The number of hydrogen-bond acceptors (Lipinski definition) is 3. The Morgan fingerprint density at radius 1 is 1.53 bits per heavy atom. The molecule has 0 bridgehead atoms. The second kappa shape index (κ2) is 6.06. The van der Waals surface area contributed by atoms with Crippen LogP contribution in [0.15, 0.2) is 24.3 Å². The number of rotatable bonds is 4. The summed E-state index contributed by atoms with van der Waals surface area (Å²) in [6, 6.07) is 7.32. The Kier molecular flexibility index (Phi) is 4.43. The van der Waals surface area contributed by atoms with E-state index in [4.69, 9.17) is 10.5 Å². The third-order valence-electron chi connectivity index (χ3n) is 3.52. The molecular weight excluding hydrogens is 240 g/mol. The largest absolute Gasteiger partial charge is 0.491 e. The maximum Gasteiger partial charge on any atom is 0.243 e. The average Bonchev–Trinajstić information content (AvgIpc) is 2.42. The molecule has 1 aromatic rings. The quantitative estimate of drug-likeness (QED) is 0.906. The van der Waals surface area contributed by atoms with Crippen LogP contribution in [-0.4, -0.2) is 24.6 Å². The number of nitrogens with zero attached hydrogens (tertiary/aromatic N) is 1. The van der Waals surface area contributed by atoms with Gasteiger partial charge in [0.15, 0.2) is 0 Å². The van der Waals surface area contributed by atoms with Crippen LogP contribution in [0.5, 0.6) is 5.75 Å². The second-order valence-corrected chi connectivity index (χ2v) is 5.07. The van der Waals surface area contributed by atoms with Crippen LogP contribution in [0.2, 0.25) is 0 Å². The lowest BCUT2D eigenvalue weighted by Crippen LogP contribution is -2.48. The summed E-state index contributed by atoms with van der Waals surface area (Å²) < 4.78 is 5.79. The maximum absolute atomic E-state index is 12.1. The van der Waals surface area contributed by atoms with E-state index in [0.717, 1.165) is 37.2 Å². The number of carbonyl (C=O) groups excluding carboxylic acids is 1. The number of anilines is 1. The van der Waals surface area contributed by atoms with Crippen molar-refractivity contribution in [3.8, 4) is 5.75 Å². The average molecular weight is 262 g/mol. The van der Waals surface area contributed by atoms with Crippen molar-refractivity contribution in [2.75, 3.05) is 11.4 Å². The number of hydrogen-bond donors (Lipinski definition) is 1. The van der Waals surface area contributed by atoms with Gasteiger partial charge >= 0.3 is 0 Å². The van der Waals surface area contributed by atoms with Gasteiger partial charge in [-0.3, -0.25) is 4.79 Å². The van der Waals surface area contributed by atoms with Crippen LogP contribution in [0.4, 0.5) is 5.69 Å². The Labute approximate surface area is 114 Å². The Balaban J connectivity index is 2.16. The summed E-state index contributed by atoms with van der Waals surface area (Å²) >= 11 is 0. The topological polar surface area (TPSA) is 55.6 Å². The maximum atomic E-state index is 12.1. The summed E-state index contributed by atoms with van der Waals surface area (Å²) in [6.07, 6.45) is 2.86. The van der Waals surface area contributed by atoms with Crippen LogP contribution in [0.1, 0.15) is 33.1 Å². The van der Waals surface area contributed by atoms with Gasteiger partial charge in [-0.2, -0.15) is 0 Å². The number of amides is 1. The molecule has 2 unspecified atom stereocenters. The van der Waals surface area contributed by atoms with Gasteiger partial charge in [-0.1, -0.05) is 13.0 Å². The standard InChI is InChI=1S/C15H22N2O2/c1-3-11(2)19-13-7-4-6-12(10-13)17-9-5-8-14(16)15(17)18/h4,6-7,10-11,14H,3,5,8-9,16H2,1-2H3. The summed E-state index contributed by atoms with van der Waals surface area (Å²) in [6.45, 7) is 4.86. The third-order valence-corrected chi connectivity index (χ3v) is 3.52. The number of carbonyl (C=O) groups is 1. The van der Waals surface area contributed by atoms with Crippen LogP contribution in [0, 0.1) is 0 Å². The van der Waals surface area contributed by atoms with E-state index >= 15 is 0 Å². The second-order valence-electron chi connectivity index (χ2n) is 5.07. The minimum Gasteiger partial charge on any atom is -0.491 e. The zero-order valence-corrected chi connectivity index (χ0v) is 11.6. The normalized spacial score (nSPS) is 21.3. The molecule has 1 aliphatic rings. The van der Waals surface area contributed by atoms with Gasteiger partial charge in [0.2, 0.25) is 5.91 Å². The molecule has 4 heteroatoms. The molecule has 0 aromatic heterocycles. The van der Waals surface area contributed by atoms with Crippen molar-refractivity contribution in [1.29, 1.82) is 0 Å². The van der Waals surface area contributed by atoms with Crippen LogP contribution in [-0.2, 0) is 4.79 Å². The highest BCUT2D eigenvalue weighted by Crippen LogP contribution is 2.25. The van der Waals surface area contributed by atoms with Crippen molar-refractivity contribution >= 4 is 11.6 Å². The minimum absolute atomic E-state index is 0.00643. The van der Waals surface area contributed by atoms with Gasteiger partial charge in [0.05, 0.1) is 12.1 Å². The first kappa shape index (κ1) is 13.9. The zero-order valence-electron chi connectivity index (χ0n) is 11.6. The fourth-order valence-electron chi connectivity index (χ4n) is 2.20. The highest BCUT2D eigenvalue weighted by Gasteiger charge is 2.26. The van der Waals surface area contributed by atoms with E-state index in [1.54, 1.807) is 4.90 Å². The third kappa shape index (κ3) is 3.26. The number of ether oxygens (including phenoxy) is 1. The lowest BCUT2D eigenvalue weighted by Gasteiger charge is -2.30. The zero-order chi connectivity index (χ0) is 13.8. The molecule has 2 N–H and O–H groups in total. The molecule has 1 fully saturated rings. The molecule has 0 aliphatic carbocycles. The highest BCUT2D eigenvalue weighted by molar-refractivity contribution is 5.97. The predicted octanol–water partition coefficient (Wildman–Crippen LogP) is 2.32. The van der Waals surface area contributed by atoms with Gasteiger partial charge in [0.25, 0.3) is 0 Å². The van der Waals surface area contributed by atoms with Gasteiger partial charge in [-0.25, -0.2) is 0 Å². The molecule has 4 nitrogen and oxygen atoms in total. The highest BCUT2D eigenvalue weighted by atomic mass is 16.5. The number of piperidine rings is 1. The molecular formula is C15H22N2O2. The van der Waals surface area contributed by atoms with E-state index in [9.17, 15) is 4.79 Å². The van der Waals surface area contributed by atoms with Crippen LogP contribution in [0.3, 0.4) is 0 Å². The van der Waals surface area contributed by atoms with E-state index in [-0.39, 0.29) is 18.1 Å². The predicted molar refractivity (Wildman–Crippen MR) is 76.4 cm³/mol. The SMILES string of the molecule is CCC(C)Oc1cccc(N2CCCC(N)C2=O)c1. The van der Waals surface area contributed by atoms with Gasteiger partial charge in [0, 0.05) is 18.3 Å². The first-order chi connectivity index (χ1) is 9.11.